The van der Waals surface area contributed by atoms with Crippen LogP contribution in [0.15, 0.2) is 36.4 Å². The number of anilines is 1. The molecule has 0 aliphatic rings. The molecule has 0 bridgehead atoms. The molecule has 0 aliphatic carbocycles. The Balaban J connectivity index is 2.48. The Labute approximate surface area is 117 Å². The highest BCUT2D eigenvalue weighted by Gasteiger charge is 2.09. The molecule has 0 atom stereocenters. The molecule has 2 nitrogen and oxygen atoms in total. The molecule has 4 heteroatoms. The molecule has 2 aromatic rings. The number of nitrogens with two attached hydrogens (primary N) is 1. The minimum Gasteiger partial charge on any atom is -0.491 e. The maximum Gasteiger partial charge on any atom is 0.131 e. The fourth-order valence-electron chi connectivity index (χ4n) is 1.84. The van der Waals surface area contributed by atoms with Crippen molar-refractivity contribution in [2.24, 2.45) is 0 Å². The van der Waals surface area contributed by atoms with Crippen LogP contribution in [-0.2, 0) is 0 Å². The van der Waals surface area contributed by atoms with E-state index in [1.807, 2.05) is 13.8 Å². The zero-order valence-corrected chi connectivity index (χ0v) is 11.5. The first-order chi connectivity index (χ1) is 8.95. The van der Waals surface area contributed by atoms with Crippen molar-refractivity contribution in [1.82, 2.24) is 0 Å². The minimum absolute atomic E-state index is 0.0303. The van der Waals surface area contributed by atoms with E-state index in [1.54, 1.807) is 30.3 Å². The largest absolute Gasteiger partial charge is 0.491 e. The lowest BCUT2D eigenvalue weighted by Gasteiger charge is -2.12. The van der Waals surface area contributed by atoms with Crippen molar-refractivity contribution < 1.29 is 9.13 Å². The third kappa shape index (κ3) is 3.38. The topological polar surface area (TPSA) is 35.2 Å². The minimum atomic E-state index is -0.335. The molecule has 19 heavy (non-hydrogen) atoms. The standard InChI is InChI=1S/C15H15ClFNO/c1-9(2)19-13-3-4-15(17)14(8-13)10-5-11(16)7-12(18)6-10/h3-9H,18H2,1-2H3. The van der Waals surface area contributed by atoms with Gasteiger partial charge in [0, 0.05) is 16.3 Å². The van der Waals surface area contributed by atoms with Gasteiger partial charge in [0.25, 0.3) is 0 Å². The zero-order valence-electron chi connectivity index (χ0n) is 10.8. The van der Waals surface area contributed by atoms with Crippen LogP contribution < -0.4 is 10.5 Å². The van der Waals surface area contributed by atoms with Crippen LogP contribution in [0.2, 0.25) is 5.02 Å². The van der Waals surface area contributed by atoms with Crippen molar-refractivity contribution in [1.29, 1.82) is 0 Å². The second-order valence-corrected chi connectivity index (χ2v) is 5.02. The second-order valence-electron chi connectivity index (χ2n) is 4.58. The first kappa shape index (κ1) is 13.7. The Morgan fingerprint density at radius 1 is 1.16 bits per heavy atom. The van der Waals surface area contributed by atoms with Gasteiger partial charge >= 0.3 is 0 Å². The molecule has 0 saturated heterocycles. The molecule has 2 aromatic carbocycles. The molecule has 0 spiro atoms. The smallest absolute Gasteiger partial charge is 0.131 e. The van der Waals surface area contributed by atoms with Gasteiger partial charge in [-0.15, -0.1) is 0 Å². The summed E-state index contributed by atoms with van der Waals surface area (Å²) < 4.78 is 19.5. The number of hydrogen-bond donors (Lipinski definition) is 1. The van der Waals surface area contributed by atoms with Crippen LogP contribution in [0.5, 0.6) is 5.75 Å². The predicted octanol–water partition coefficient (Wildman–Crippen LogP) is 4.52. The lowest BCUT2D eigenvalue weighted by atomic mass is 10.0. The maximum absolute atomic E-state index is 13.9. The SMILES string of the molecule is CC(C)Oc1ccc(F)c(-c2cc(N)cc(Cl)c2)c1. The highest BCUT2D eigenvalue weighted by molar-refractivity contribution is 6.31. The quantitative estimate of drug-likeness (QED) is 0.839. The average Bonchev–Trinajstić information content (AvgIpc) is 2.29. The normalized spacial score (nSPS) is 10.8. The van der Waals surface area contributed by atoms with Gasteiger partial charge in [0.15, 0.2) is 0 Å². The molecule has 0 heterocycles. The Morgan fingerprint density at radius 3 is 2.53 bits per heavy atom. The van der Waals surface area contributed by atoms with Gasteiger partial charge in [0.1, 0.15) is 11.6 Å². The summed E-state index contributed by atoms with van der Waals surface area (Å²) in [7, 11) is 0. The van der Waals surface area contributed by atoms with Gasteiger partial charge in [-0.25, -0.2) is 4.39 Å². The molecule has 0 fully saturated rings. The van der Waals surface area contributed by atoms with E-state index in [4.69, 9.17) is 22.1 Å². The zero-order chi connectivity index (χ0) is 14.0. The van der Waals surface area contributed by atoms with E-state index in [9.17, 15) is 4.39 Å². The van der Waals surface area contributed by atoms with Crippen LogP contribution in [-0.4, -0.2) is 6.10 Å². The molecule has 2 N–H and O–H groups in total. The van der Waals surface area contributed by atoms with Crippen molar-refractivity contribution in [3.8, 4) is 16.9 Å². The number of hydrogen-bond acceptors (Lipinski definition) is 2. The monoisotopic (exact) mass is 279 g/mol. The van der Waals surface area contributed by atoms with E-state index < -0.39 is 0 Å². The van der Waals surface area contributed by atoms with Crippen molar-refractivity contribution in [3.05, 3.63) is 47.2 Å². The molecular formula is C15H15ClFNO. The Kier molecular flexibility index (Phi) is 3.96. The highest BCUT2D eigenvalue weighted by Crippen LogP contribution is 2.31. The fourth-order valence-corrected chi connectivity index (χ4v) is 2.08. The Hall–Kier alpha value is -1.74. The van der Waals surface area contributed by atoms with Gasteiger partial charge in [0.05, 0.1) is 6.10 Å². The fraction of sp³-hybridized carbons (Fsp3) is 0.200. The van der Waals surface area contributed by atoms with Gasteiger partial charge in [-0.05, 0) is 55.8 Å². The van der Waals surface area contributed by atoms with Gasteiger partial charge < -0.3 is 10.5 Å². The molecule has 0 radical (unpaired) electrons. The number of halogens is 2. The summed E-state index contributed by atoms with van der Waals surface area (Å²) >= 11 is 5.94. The second kappa shape index (κ2) is 5.49. The first-order valence-corrected chi connectivity index (χ1v) is 6.36. The third-order valence-electron chi connectivity index (χ3n) is 2.54. The Bertz CT molecular complexity index is 578. The lowest BCUT2D eigenvalue weighted by Crippen LogP contribution is -2.05. The molecule has 0 unspecified atom stereocenters. The summed E-state index contributed by atoms with van der Waals surface area (Å²) in [6.07, 6.45) is 0.0303. The molecule has 0 aliphatic heterocycles. The first-order valence-electron chi connectivity index (χ1n) is 5.98. The molecule has 2 rings (SSSR count). The van der Waals surface area contributed by atoms with E-state index in [0.29, 0.717) is 27.6 Å². The van der Waals surface area contributed by atoms with E-state index >= 15 is 0 Å². The van der Waals surface area contributed by atoms with Crippen LogP contribution in [0.25, 0.3) is 11.1 Å². The number of rotatable bonds is 3. The van der Waals surface area contributed by atoms with E-state index in [0.717, 1.165) is 0 Å². The van der Waals surface area contributed by atoms with Crippen molar-refractivity contribution >= 4 is 17.3 Å². The van der Waals surface area contributed by atoms with E-state index in [-0.39, 0.29) is 11.9 Å². The van der Waals surface area contributed by atoms with Crippen LogP contribution in [0, 0.1) is 5.82 Å². The van der Waals surface area contributed by atoms with Gasteiger partial charge in [0.2, 0.25) is 0 Å². The van der Waals surface area contributed by atoms with Crippen LogP contribution >= 0.6 is 11.6 Å². The molecule has 0 amide bonds. The van der Waals surface area contributed by atoms with Crippen molar-refractivity contribution in [2.75, 3.05) is 5.73 Å². The summed E-state index contributed by atoms with van der Waals surface area (Å²) in [4.78, 5) is 0. The third-order valence-corrected chi connectivity index (χ3v) is 2.76. The Morgan fingerprint density at radius 2 is 1.89 bits per heavy atom. The van der Waals surface area contributed by atoms with E-state index in [2.05, 4.69) is 0 Å². The van der Waals surface area contributed by atoms with Crippen LogP contribution in [0.1, 0.15) is 13.8 Å². The molecule has 0 saturated carbocycles. The summed E-state index contributed by atoms with van der Waals surface area (Å²) in [5.41, 5.74) is 7.28. The summed E-state index contributed by atoms with van der Waals surface area (Å²) in [6, 6.07) is 9.62. The molecule has 0 aromatic heterocycles. The highest BCUT2D eigenvalue weighted by atomic mass is 35.5. The average molecular weight is 280 g/mol. The summed E-state index contributed by atoms with van der Waals surface area (Å²) in [5.74, 6) is 0.280. The number of nitrogen functional groups attached to an aromatic ring is 1. The van der Waals surface area contributed by atoms with Gasteiger partial charge in [-0.2, -0.15) is 0 Å². The maximum atomic E-state index is 13.9. The number of benzene rings is 2. The van der Waals surface area contributed by atoms with E-state index in [1.165, 1.54) is 6.07 Å². The van der Waals surface area contributed by atoms with Gasteiger partial charge in [-0.3, -0.25) is 0 Å². The van der Waals surface area contributed by atoms with Crippen LogP contribution in [0.3, 0.4) is 0 Å². The van der Waals surface area contributed by atoms with Crippen molar-refractivity contribution in [2.45, 2.75) is 20.0 Å². The summed E-state index contributed by atoms with van der Waals surface area (Å²) in [5, 5.41) is 0.476. The van der Waals surface area contributed by atoms with Gasteiger partial charge in [-0.1, -0.05) is 11.6 Å². The van der Waals surface area contributed by atoms with Crippen molar-refractivity contribution in [3.63, 3.8) is 0 Å². The lowest BCUT2D eigenvalue weighted by molar-refractivity contribution is 0.242. The summed E-state index contributed by atoms with van der Waals surface area (Å²) in [6.45, 7) is 3.83. The molecular weight excluding hydrogens is 265 g/mol. The molecule has 100 valence electrons. The number of ether oxygens (including phenoxy) is 1. The van der Waals surface area contributed by atoms with Crippen LogP contribution in [0.4, 0.5) is 10.1 Å². The predicted molar refractivity (Wildman–Crippen MR) is 77.0 cm³/mol.